The van der Waals surface area contributed by atoms with Gasteiger partial charge in [0.2, 0.25) is 0 Å². The van der Waals surface area contributed by atoms with E-state index < -0.39 is 0 Å². The topological polar surface area (TPSA) is 43.6 Å². The number of benzene rings is 2. The fraction of sp³-hybridized carbons (Fsp3) is 0.200. The van der Waals surface area contributed by atoms with Gasteiger partial charge in [-0.3, -0.25) is 9.78 Å². The van der Waals surface area contributed by atoms with E-state index in [9.17, 15) is 4.79 Å². The van der Waals surface area contributed by atoms with Crippen LogP contribution in [0.25, 0.3) is 27.2 Å². The molecule has 3 aromatic heterocycles. The van der Waals surface area contributed by atoms with E-state index in [1.807, 2.05) is 36.7 Å². The summed E-state index contributed by atoms with van der Waals surface area (Å²) in [5, 5.41) is 2.85. The standard InChI is InChI=1S/C25H21BrN2O2/c1-2-3-9-30-19-12-21-20-11-18(26)6-7-23(20)28-15-17(10-16-5-4-8-27-14-16)25(29)22(13-19)24(21)28/h4-8,11-15H,2-3,9-10H2,1H3. The number of pyridine rings is 2. The number of hydrogen-bond acceptors (Lipinski definition) is 3. The van der Waals surface area contributed by atoms with E-state index in [1.54, 1.807) is 6.20 Å². The lowest BCUT2D eigenvalue weighted by molar-refractivity contribution is 0.310. The first-order chi connectivity index (χ1) is 14.7. The molecule has 0 aliphatic carbocycles. The molecule has 0 fully saturated rings. The summed E-state index contributed by atoms with van der Waals surface area (Å²) < 4.78 is 9.17. The molecule has 2 aromatic carbocycles. The number of halogens is 1. The molecule has 0 atom stereocenters. The third-order valence-electron chi connectivity index (χ3n) is 5.54. The molecule has 0 radical (unpaired) electrons. The highest BCUT2D eigenvalue weighted by molar-refractivity contribution is 9.10. The van der Waals surface area contributed by atoms with Crippen molar-refractivity contribution in [3.63, 3.8) is 0 Å². The molecule has 0 unspecified atom stereocenters. The number of hydrogen-bond donors (Lipinski definition) is 0. The first kappa shape index (κ1) is 19.1. The van der Waals surface area contributed by atoms with Gasteiger partial charge >= 0.3 is 0 Å². The van der Waals surface area contributed by atoms with Gasteiger partial charge in [-0.1, -0.05) is 35.3 Å². The smallest absolute Gasteiger partial charge is 0.193 e. The van der Waals surface area contributed by atoms with Crippen LogP contribution in [0.4, 0.5) is 0 Å². The van der Waals surface area contributed by atoms with Crippen molar-refractivity contribution in [1.82, 2.24) is 9.38 Å². The zero-order valence-electron chi connectivity index (χ0n) is 16.7. The third-order valence-corrected chi connectivity index (χ3v) is 6.03. The van der Waals surface area contributed by atoms with Crippen LogP contribution in [-0.4, -0.2) is 16.0 Å². The first-order valence-electron chi connectivity index (χ1n) is 10.2. The van der Waals surface area contributed by atoms with Crippen molar-refractivity contribution in [2.75, 3.05) is 6.61 Å². The molecule has 0 amide bonds. The van der Waals surface area contributed by atoms with E-state index in [0.717, 1.165) is 56.0 Å². The van der Waals surface area contributed by atoms with Crippen molar-refractivity contribution in [2.45, 2.75) is 26.2 Å². The molecule has 0 bridgehead atoms. The SMILES string of the molecule is CCCCOc1cc2c(=O)c(Cc3cccnc3)cn3c4ccc(Br)cc4c(c1)c23. The Morgan fingerprint density at radius 2 is 1.97 bits per heavy atom. The van der Waals surface area contributed by atoms with Gasteiger partial charge < -0.3 is 9.14 Å². The van der Waals surface area contributed by atoms with E-state index in [0.29, 0.717) is 18.4 Å². The molecule has 0 aliphatic rings. The van der Waals surface area contributed by atoms with Gasteiger partial charge in [-0.15, -0.1) is 0 Å². The Hall–Kier alpha value is -2.92. The van der Waals surface area contributed by atoms with E-state index in [2.05, 4.69) is 50.4 Å². The molecule has 0 aliphatic heterocycles. The van der Waals surface area contributed by atoms with Crippen molar-refractivity contribution in [2.24, 2.45) is 0 Å². The van der Waals surface area contributed by atoms with E-state index in [4.69, 9.17) is 4.74 Å². The van der Waals surface area contributed by atoms with Crippen LogP contribution < -0.4 is 10.2 Å². The number of unbranched alkanes of at least 4 members (excludes halogenated alkanes) is 1. The van der Waals surface area contributed by atoms with Gasteiger partial charge in [0.05, 0.1) is 23.0 Å². The highest BCUT2D eigenvalue weighted by Crippen LogP contribution is 2.35. The second kappa shape index (κ2) is 7.73. The summed E-state index contributed by atoms with van der Waals surface area (Å²) in [5.41, 5.74) is 3.86. The lowest BCUT2D eigenvalue weighted by Gasteiger charge is -2.10. The highest BCUT2D eigenvalue weighted by atomic mass is 79.9. The summed E-state index contributed by atoms with van der Waals surface area (Å²) in [6.07, 6.45) is 8.15. The largest absolute Gasteiger partial charge is 0.494 e. The van der Waals surface area contributed by atoms with E-state index in [-0.39, 0.29) is 5.43 Å². The quantitative estimate of drug-likeness (QED) is 0.293. The van der Waals surface area contributed by atoms with Crippen molar-refractivity contribution in [3.05, 3.63) is 86.9 Å². The maximum atomic E-state index is 13.5. The van der Waals surface area contributed by atoms with Gasteiger partial charge in [0.25, 0.3) is 0 Å². The lowest BCUT2D eigenvalue weighted by atomic mass is 10.0. The summed E-state index contributed by atoms with van der Waals surface area (Å²) in [6.45, 7) is 2.79. The first-order valence-corrected chi connectivity index (χ1v) is 11.0. The molecule has 5 heteroatoms. The lowest BCUT2D eigenvalue weighted by Crippen LogP contribution is -2.12. The van der Waals surface area contributed by atoms with E-state index in [1.165, 1.54) is 0 Å². The fourth-order valence-electron chi connectivity index (χ4n) is 4.09. The fourth-order valence-corrected chi connectivity index (χ4v) is 4.45. The Morgan fingerprint density at radius 3 is 2.77 bits per heavy atom. The zero-order chi connectivity index (χ0) is 20.7. The average molecular weight is 461 g/mol. The Morgan fingerprint density at radius 1 is 1.10 bits per heavy atom. The third kappa shape index (κ3) is 3.23. The van der Waals surface area contributed by atoms with Crippen LogP contribution in [0.5, 0.6) is 5.75 Å². The van der Waals surface area contributed by atoms with Crippen molar-refractivity contribution in [3.8, 4) is 5.75 Å². The molecule has 0 spiro atoms. The Bertz CT molecular complexity index is 1410. The maximum Gasteiger partial charge on any atom is 0.193 e. The minimum atomic E-state index is 0.0548. The molecule has 30 heavy (non-hydrogen) atoms. The predicted molar refractivity (Wildman–Crippen MR) is 125 cm³/mol. The van der Waals surface area contributed by atoms with Gasteiger partial charge in [0.1, 0.15) is 5.75 Å². The number of ether oxygens (including phenoxy) is 1. The minimum Gasteiger partial charge on any atom is -0.494 e. The summed E-state index contributed by atoms with van der Waals surface area (Å²) in [4.78, 5) is 17.7. The van der Waals surface area contributed by atoms with E-state index >= 15 is 0 Å². The molecule has 0 saturated heterocycles. The number of aromatic nitrogens is 2. The molecule has 150 valence electrons. The van der Waals surface area contributed by atoms with Gasteiger partial charge in [-0.2, -0.15) is 0 Å². The number of rotatable bonds is 6. The van der Waals surface area contributed by atoms with Crippen molar-refractivity contribution < 1.29 is 4.74 Å². The summed E-state index contributed by atoms with van der Waals surface area (Å²) in [7, 11) is 0. The molecule has 4 nitrogen and oxygen atoms in total. The highest BCUT2D eigenvalue weighted by Gasteiger charge is 2.18. The monoisotopic (exact) mass is 460 g/mol. The average Bonchev–Trinajstić information content (AvgIpc) is 3.06. The molecule has 5 aromatic rings. The van der Waals surface area contributed by atoms with Crippen LogP contribution in [0, 0.1) is 0 Å². The predicted octanol–water partition coefficient (Wildman–Crippen LogP) is 5.97. The molecular formula is C25H21BrN2O2. The van der Waals surface area contributed by atoms with Crippen LogP contribution >= 0.6 is 15.9 Å². The summed E-state index contributed by atoms with van der Waals surface area (Å²) in [5.74, 6) is 0.751. The normalized spacial score (nSPS) is 11.7. The summed E-state index contributed by atoms with van der Waals surface area (Å²) in [6, 6.07) is 14.1. The zero-order valence-corrected chi connectivity index (χ0v) is 18.3. The Labute approximate surface area is 182 Å². The summed E-state index contributed by atoms with van der Waals surface area (Å²) >= 11 is 3.59. The van der Waals surface area contributed by atoms with Crippen LogP contribution in [0.3, 0.4) is 0 Å². The van der Waals surface area contributed by atoms with Gasteiger partial charge in [0, 0.05) is 45.8 Å². The molecule has 5 rings (SSSR count). The molecular weight excluding hydrogens is 440 g/mol. The molecule has 3 heterocycles. The van der Waals surface area contributed by atoms with Crippen molar-refractivity contribution >= 4 is 43.1 Å². The Kier molecular flexibility index (Phi) is 4.91. The maximum absolute atomic E-state index is 13.5. The van der Waals surface area contributed by atoms with Gasteiger partial charge in [0.15, 0.2) is 5.43 Å². The number of fused-ring (bicyclic) bond motifs is 3. The Balaban J connectivity index is 1.79. The minimum absolute atomic E-state index is 0.0548. The van der Waals surface area contributed by atoms with Crippen molar-refractivity contribution in [1.29, 1.82) is 0 Å². The van der Waals surface area contributed by atoms with Crippen LogP contribution in [0.15, 0.2) is 70.3 Å². The van der Waals surface area contributed by atoms with Crippen LogP contribution in [0.2, 0.25) is 0 Å². The van der Waals surface area contributed by atoms with Crippen LogP contribution in [0.1, 0.15) is 30.9 Å². The van der Waals surface area contributed by atoms with Gasteiger partial charge in [-0.05, 0) is 48.4 Å². The second-order valence-corrected chi connectivity index (χ2v) is 8.54. The van der Waals surface area contributed by atoms with Gasteiger partial charge in [-0.25, -0.2) is 0 Å². The second-order valence-electron chi connectivity index (χ2n) is 7.62. The number of nitrogens with zero attached hydrogens (tertiary/aromatic N) is 2. The molecule has 0 N–H and O–H groups in total. The van der Waals surface area contributed by atoms with Crippen LogP contribution in [-0.2, 0) is 6.42 Å². The molecule has 0 saturated carbocycles.